The summed E-state index contributed by atoms with van der Waals surface area (Å²) in [6.45, 7) is 6.02. The van der Waals surface area contributed by atoms with Gasteiger partial charge in [-0.3, -0.25) is 4.79 Å². The first kappa shape index (κ1) is 10.7. The van der Waals surface area contributed by atoms with Crippen molar-refractivity contribution in [3.63, 3.8) is 0 Å². The number of aliphatic carboxylic acids is 1. The van der Waals surface area contributed by atoms with E-state index in [-0.39, 0.29) is 11.3 Å². The third-order valence-corrected chi connectivity index (χ3v) is 4.26. The number of nitrogens with zero attached hydrogens (tertiary/aromatic N) is 2. The number of hydrogen-bond acceptors (Lipinski definition) is 4. The van der Waals surface area contributed by atoms with E-state index < -0.39 is 11.9 Å². The highest BCUT2D eigenvalue weighted by atomic mass is 16.5. The van der Waals surface area contributed by atoms with Gasteiger partial charge in [-0.2, -0.15) is 4.98 Å². The fourth-order valence-corrected chi connectivity index (χ4v) is 2.77. The molecule has 1 aromatic rings. The highest BCUT2D eigenvalue weighted by molar-refractivity contribution is 5.77. The Kier molecular flexibility index (Phi) is 1.95. The molecule has 1 heterocycles. The zero-order valence-electron chi connectivity index (χ0n) is 10.2. The molecule has 4 atom stereocenters. The van der Waals surface area contributed by atoms with Gasteiger partial charge in [0.25, 0.3) is 0 Å². The van der Waals surface area contributed by atoms with Crippen molar-refractivity contribution < 1.29 is 14.4 Å². The molecule has 5 heteroatoms. The summed E-state index contributed by atoms with van der Waals surface area (Å²) < 4.78 is 5.23. The van der Waals surface area contributed by atoms with E-state index >= 15 is 0 Å². The highest BCUT2D eigenvalue weighted by Crippen LogP contribution is 2.64. The quantitative estimate of drug-likeness (QED) is 0.868. The molecule has 3 rings (SSSR count). The first-order chi connectivity index (χ1) is 7.93. The average molecular weight is 236 g/mol. The number of carboxylic acid groups (broad SMARTS) is 1. The lowest BCUT2D eigenvalue weighted by Crippen LogP contribution is -2.03. The summed E-state index contributed by atoms with van der Waals surface area (Å²) in [6.07, 6.45) is 1.11. The zero-order valence-corrected chi connectivity index (χ0v) is 10.2. The maximum absolute atomic E-state index is 11.1. The van der Waals surface area contributed by atoms with Crippen LogP contribution in [0, 0.1) is 17.3 Å². The lowest BCUT2D eigenvalue weighted by Gasteiger charge is -1.96. The molecule has 0 amide bonds. The van der Waals surface area contributed by atoms with Crippen LogP contribution >= 0.6 is 0 Å². The molecule has 0 spiro atoms. The van der Waals surface area contributed by atoms with Gasteiger partial charge in [-0.25, -0.2) is 0 Å². The molecule has 0 aromatic carbocycles. The van der Waals surface area contributed by atoms with Gasteiger partial charge in [0, 0.05) is 5.92 Å². The smallest absolute Gasteiger partial charge is 0.307 e. The second-order valence-electron chi connectivity index (χ2n) is 5.93. The minimum atomic E-state index is -0.778. The minimum absolute atomic E-state index is 0.129. The number of carbonyl (C=O) groups is 1. The van der Waals surface area contributed by atoms with E-state index in [1.54, 1.807) is 0 Å². The first-order valence-corrected chi connectivity index (χ1v) is 5.99. The van der Waals surface area contributed by atoms with Crippen LogP contribution < -0.4 is 0 Å². The van der Waals surface area contributed by atoms with Gasteiger partial charge in [0.15, 0.2) is 5.82 Å². The Morgan fingerprint density at radius 2 is 2.18 bits per heavy atom. The zero-order chi connectivity index (χ0) is 12.4. The molecule has 2 aliphatic carbocycles. The van der Waals surface area contributed by atoms with E-state index in [0.29, 0.717) is 17.7 Å². The van der Waals surface area contributed by atoms with Gasteiger partial charge in [0.2, 0.25) is 5.89 Å². The molecule has 0 aliphatic heterocycles. The van der Waals surface area contributed by atoms with Gasteiger partial charge in [-0.1, -0.05) is 25.9 Å². The fourth-order valence-electron chi connectivity index (χ4n) is 2.77. The summed E-state index contributed by atoms with van der Waals surface area (Å²) in [5.41, 5.74) is -0.273. The largest absolute Gasteiger partial charge is 0.481 e. The van der Waals surface area contributed by atoms with Gasteiger partial charge in [0.05, 0.1) is 11.8 Å². The summed E-state index contributed by atoms with van der Waals surface area (Å²) in [4.78, 5) is 15.4. The van der Waals surface area contributed by atoms with Crippen LogP contribution in [0.2, 0.25) is 0 Å². The molecule has 4 unspecified atom stereocenters. The van der Waals surface area contributed by atoms with Crippen molar-refractivity contribution in [2.24, 2.45) is 17.3 Å². The molecule has 2 aliphatic rings. The van der Waals surface area contributed by atoms with Crippen molar-refractivity contribution in [3.05, 3.63) is 11.7 Å². The lowest BCUT2D eigenvalue weighted by atomic mass is 10.1. The van der Waals surface area contributed by atoms with E-state index in [0.717, 1.165) is 12.2 Å². The van der Waals surface area contributed by atoms with Crippen molar-refractivity contribution in [3.8, 4) is 0 Å². The van der Waals surface area contributed by atoms with Crippen LogP contribution in [0.5, 0.6) is 0 Å². The molecule has 0 bridgehead atoms. The van der Waals surface area contributed by atoms with Gasteiger partial charge in [0.1, 0.15) is 0 Å². The molecule has 5 nitrogen and oxygen atoms in total. The van der Waals surface area contributed by atoms with Crippen molar-refractivity contribution in [1.29, 1.82) is 0 Å². The highest BCUT2D eigenvalue weighted by Gasteiger charge is 2.65. The van der Waals surface area contributed by atoms with Crippen LogP contribution in [0.1, 0.15) is 50.7 Å². The van der Waals surface area contributed by atoms with Crippen molar-refractivity contribution in [2.75, 3.05) is 0 Å². The van der Waals surface area contributed by atoms with Gasteiger partial charge in [-0.15, -0.1) is 0 Å². The summed E-state index contributed by atoms with van der Waals surface area (Å²) in [7, 11) is 0. The number of aromatic nitrogens is 2. The van der Waals surface area contributed by atoms with Crippen molar-refractivity contribution in [2.45, 2.75) is 39.0 Å². The predicted octanol–water partition coefficient (Wildman–Crippen LogP) is 2.02. The Balaban J connectivity index is 1.82. The topological polar surface area (TPSA) is 76.2 Å². The van der Waals surface area contributed by atoms with E-state index in [2.05, 4.69) is 17.1 Å². The van der Waals surface area contributed by atoms with Crippen LogP contribution in [0.3, 0.4) is 0 Å². The monoisotopic (exact) mass is 236 g/mol. The van der Waals surface area contributed by atoms with Crippen molar-refractivity contribution >= 4 is 5.97 Å². The molecule has 2 fully saturated rings. The Bertz CT molecular complexity index is 480. The van der Waals surface area contributed by atoms with Gasteiger partial charge >= 0.3 is 5.97 Å². The van der Waals surface area contributed by atoms with Crippen LogP contribution in [0.25, 0.3) is 0 Å². The minimum Gasteiger partial charge on any atom is -0.481 e. The predicted molar refractivity (Wildman–Crippen MR) is 58.5 cm³/mol. The summed E-state index contributed by atoms with van der Waals surface area (Å²) in [5, 5.41) is 13.1. The average Bonchev–Trinajstić information content (AvgIpc) is 3.00. The lowest BCUT2D eigenvalue weighted by molar-refractivity contribution is -0.139. The third-order valence-electron chi connectivity index (χ3n) is 4.26. The summed E-state index contributed by atoms with van der Waals surface area (Å²) in [6, 6.07) is 0. The van der Waals surface area contributed by atoms with E-state index in [9.17, 15) is 4.79 Å². The maximum atomic E-state index is 11.1. The molecule has 17 heavy (non-hydrogen) atoms. The number of rotatable bonds is 3. The van der Waals surface area contributed by atoms with E-state index in [4.69, 9.17) is 9.63 Å². The fraction of sp³-hybridized carbons (Fsp3) is 0.750. The van der Waals surface area contributed by atoms with Gasteiger partial charge in [-0.05, 0) is 17.8 Å². The molecule has 1 aromatic heterocycles. The van der Waals surface area contributed by atoms with Gasteiger partial charge < -0.3 is 9.63 Å². The molecule has 1 N–H and O–H groups in total. The Morgan fingerprint density at radius 1 is 1.53 bits per heavy atom. The number of hydrogen-bond donors (Lipinski definition) is 1. The standard InChI is InChI=1S/C12H16N2O3/c1-5-4-6(5)9-13-10(17-14-9)7-8(11(15)16)12(7,2)3/h5-8H,4H2,1-3H3,(H,15,16). The Morgan fingerprint density at radius 3 is 2.65 bits per heavy atom. The maximum Gasteiger partial charge on any atom is 0.307 e. The molecule has 2 saturated carbocycles. The third kappa shape index (κ3) is 1.48. The normalized spacial score (nSPS) is 37.8. The second kappa shape index (κ2) is 3.09. The van der Waals surface area contributed by atoms with E-state index in [1.165, 1.54) is 0 Å². The molecule has 0 saturated heterocycles. The second-order valence-corrected chi connectivity index (χ2v) is 5.93. The molecular formula is C12H16N2O3. The molecular weight excluding hydrogens is 220 g/mol. The molecule has 0 radical (unpaired) electrons. The summed E-state index contributed by atoms with van der Waals surface area (Å²) in [5.74, 6) is 0.985. The van der Waals surface area contributed by atoms with Crippen LogP contribution in [0.4, 0.5) is 0 Å². The van der Waals surface area contributed by atoms with Crippen LogP contribution in [0.15, 0.2) is 4.52 Å². The summed E-state index contributed by atoms with van der Waals surface area (Å²) >= 11 is 0. The Hall–Kier alpha value is -1.39. The number of carboxylic acids is 1. The van der Waals surface area contributed by atoms with Crippen LogP contribution in [-0.2, 0) is 4.79 Å². The van der Waals surface area contributed by atoms with E-state index in [1.807, 2.05) is 13.8 Å². The van der Waals surface area contributed by atoms with Crippen molar-refractivity contribution in [1.82, 2.24) is 10.1 Å². The molecule has 92 valence electrons. The Labute approximate surface area is 99.2 Å². The SMILES string of the molecule is CC1CC1c1noc(C2C(C(=O)O)C2(C)C)n1. The first-order valence-electron chi connectivity index (χ1n) is 5.99. The van der Waals surface area contributed by atoms with Crippen LogP contribution in [-0.4, -0.2) is 21.2 Å².